The summed E-state index contributed by atoms with van der Waals surface area (Å²) < 4.78 is 2.33. The first kappa shape index (κ1) is 9.35. The topological polar surface area (TPSA) is 46.4 Å². The van der Waals surface area contributed by atoms with Crippen LogP contribution in [0, 0.1) is 0 Å². The first-order valence-corrected chi connectivity index (χ1v) is 5.70. The Morgan fingerprint density at radius 1 is 1.44 bits per heavy atom. The van der Waals surface area contributed by atoms with Crippen LogP contribution >= 0.6 is 11.3 Å². The maximum atomic E-state index is 12.1. The Hall–Kier alpha value is -1.88. The highest BCUT2D eigenvalue weighted by Crippen LogP contribution is 2.15. The van der Waals surface area contributed by atoms with E-state index in [0.29, 0.717) is 4.53 Å². The quantitative estimate of drug-likeness (QED) is 0.666. The van der Waals surface area contributed by atoms with Gasteiger partial charge in [-0.15, -0.1) is 0 Å². The van der Waals surface area contributed by atoms with Crippen molar-refractivity contribution in [3.8, 4) is 0 Å². The van der Waals surface area contributed by atoms with E-state index in [1.807, 2.05) is 24.3 Å². The summed E-state index contributed by atoms with van der Waals surface area (Å²) in [4.78, 5) is 17.2. The Balaban J connectivity index is 2.55. The van der Waals surface area contributed by atoms with E-state index in [9.17, 15) is 4.79 Å². The first-order valence-electron chi connectivity index (χ1n) is 4.89. The Morgan fingerprint density at radius 3 is 3.06 bits per heavy atom. The fourth-order valence-electron chi connectivity index (χ4n) is 1.74. The van der Waals surface area contributed by atoms with Gasteiger partial charge in [-0.2, -0.15) is 0 Å². The molecule has 4 nitrogen and oxygen atoms in total. The lowest BCUT2D eigenvalue weighted by Crippen LogP contribution is -2.24. The molecule has 5 heteroatoms. The van der Waals surface area contributed by atoms with Gasteiger partial charge in [0.1, 0.15) is 4.53 Å². The fraction of sp³-hybridized carbons (Fsp3) is 0.0909. The normalized spacial score (nSPS) is 12.7. The van der Waals surface area contributed by atoms with Gasteiger partial charge in [0.15, 0.2) is 4.96 Å². The molecule has 0 atom stereocenters. The Bertz CT molecular complexity index is 772. The van der Waals surface area contributed by atoms with Gasteiger partial charge in [-0.3, -0.25) is 4.79 Å². The Kier molecular flexibility index (Phi) is 1.94. The van der Waals surface area contributed by atoms with Crippen LogP contribution in [-0.2, 0) is 0 Å². The number of thiazole rings is 1. The minimum Gasteiger partial charge on any atom is -0.393 e. The minimum absolute atomic E-state index is 0.0111. The van der Waals surface area contributed by atoms with E-state index in [-0.39, 0.29) is 5.56 Å². The summed E-state index contributed by atoms with van der Waals surface area (Å²) in [6.45, 7) is 0. The molecule has 0 spiro atoms. The van der Waals surface area contributed by atoms with Crippen molar-refractivity contribution in [3.05, 3.63) is 39.2 Å². The van der Waals surface area contributed by atoms with Crippen LogP contribution in [0.3, 0.4) is 0 Å². The summed E-state index contributed by atoms with van der Waals surface area (Å²) >= 11 is 1.40. The summed E-state index contributed by atoms with van der Waals surface area (Å²) in [7, 11) is 1.78. The maximum absolute atomic E-state index is 12.1. The smallest absolute Gasteiger partial charge is 0.276 e. The van der Waals surface area contributed by atoms with Crippen molar-refractivity contribution in [1.29, 1.82) is 0 Å². The average molecular weight is 231 g/mol. The second-order valence-electron chi connectivity index (χ2n) is 3.42. The van der Waals surface area contributed by atoms with Crippen molar-refractivity contribution in [2.45, 2.75) is 0 Å². The summed E-state index contributed by atoms with van der Waals surface area (Å²) in [5.74, 6) is 0. The third-order valence-electron chi connectivity index (χ3n) is 2.42. The van der Waals surface area contributed by atoms with Gasteiger partial charge in [0.05, 0.1) is 11.0 Å². The third kappa shape index (κ3) is 1.15. The molecule has 3 rings (SSSR count). The third-order valence-corrected chi connectivity index (χ3v) is 3.39. The molecule has 0 saturated heterocycles. The number of hydrogen-bond donors (Lipinski definition) is 1. The molecule has 1 N–H and O–H groups in total. The predicted octanol–water partition coefficient (Wildman–Crippen LogP) is 0.585. The van der Waals surface area contributed by atoms with Gasteiger partial charge in [0.25, 0.3) is 5.56 Å². The highest BCUT2D eigenvalue weighted by atomic mass is 32.1. The van der Waals surface area contributed by atoms with Gasteiger partial charge in [-0.05, 0) is 12.1 Å². The molecule has 3 aromatic rings. The number of aromatic nitrogens is 2. The number of rotatable bonds is 1. The number of nitrogens with one attached hydrogen (secondary N) is 1. The van der Waals surface area contributed by atoms with Crippen molar-refractivity contribution < 1.29 is 0 Å². The molecule has 1 aromatic carbocycles. The van der Waals surface area contributed by atoms with Crippen LogP contribution in [0.15, 0.2) is 29.1 Å². The lowest BCUT2D eigenvalue weighted by atomic mass is 10.3. The standard InChI is InChI=1S/C11H9N3OS/c1-12-6-9-10(15)14-8-5-3-2-4-7(8)13-11(14)16-9/h2-6,12H,1H3/b9-6-. The van der Waals surface area contributed by atoms with Crippen LogP contribution in [-0.4, -0.2) is 16.4 Å². The van der Waals surface area contributed by atoms with Crippen LogP contribution in [0.1, 0.15) is 0 Å². The fourth-order valence-corrected chi connectivity index (χ4v) is 2.71. The number of hydrogen-bond acceptors (Lipinski definition) is 4. The molecule has 2 heterocycles. The molecular weight excluding hydrogens is 222 g/mol. The zero-order valence-electron chi connectivity index (χ0n) is 8.60. The molecule has 0 aliphatic carbocycles. The van der Waals surface area contributed by atoms with Crippen LogP contribution < -0.4 is 15.4 Å². The molecule has 0 amide bonds. The number of para-hydroxylation sites is 2. The Labute approximate surface area is 94.8 Å². The number of fused-ring (bicyclic) bond motifs is 3. The van der Waals surface area contributed by atoms with E-state index < -0.39 is 0 Å². The molecule has 0 aliphatic rings. The van der Waals surface area contributed by atoms with E-state index in [2.05, 4.69) is 10.3 Å². The summed E-state index contributed by atoms with van der Waals surface area (Å²) in [6, 6.07) is 7.65. The summed E-state index contributed by atoms with van der Waals surface area (Å²) in [5.41, 5.74) is 1.72. The zero-order chi connectivity index (χ0) is 11.1. The zero-order valence-corrected chi connectivity index (χ0v) is 9.41. The van der Waals surface area contributed by atoms with Crippen LogP contribution in [0.4, 0.5) is 0 Å². The number of nitrogens with zero attached hydrogens (tertiary/aromatic N) is 2. The predicted molar refractivity (Wildman–Crippen MR) is 65.6 cm³/mol. The molecule has 0 fully saturated rings. The lowest BCUT2D eigenvalue weighted by Gasteiger charge is -1.86. The largest absolute Gasteiger partial charge is 0.393 e. The van der Waals surface area contributed by atoms with Crippen LogP contribution in [0.2, 0.25) is 0 Å². The maximum Gasteiger partial charge on any atom is 0.276 e. The van der Waals surface area contributed by atoms with E-state index in [1.165, 1.54) is 11.3 Å². The van der Waals surface area contributed by atoms with E-state index in [0.717, 1.165) is 16.0 Å². The highest BCUT2D eigenvalue weighted by molar-refractivity contribution is 7.15. The lowest BCUT2D eigenvalue weighted by molar-refractivity contribution is 1.15. The number of imidazole rings is 1. The second kappa shape index (κ2) is 3.31. The molecule has 0 unspecified atom stereocenters. The number of benzene rings is 1. The van der Waals surface area contributed by atoms with Crippen LogP contribution in [0.5, 0.6) is 0 Å². The monoisotopic (exact) mass is 231 g/mol. The minimum atomic E-state index is -0.0111. The van der Waals surface area contributed by atoms with Crippen molar-refractivity contribution in [2.75, 3.05) is 7.05 Å². The van der Waals surface area contributed by atoms with Gasteiger partial charge in [0.2, 0.25) is 0 Å². The molecule has 80 valence electrons. The second-order valence-corrected chi connectivity index (χ2v) is 4.43. The summed E-state index contributed by atoms with van der Waals surface area (Å²) in [6.07, 6.45) is 1.70. The first-order chi connectivity index (χ1) is 7.81. The van der Waals surface area contributed by atoms with Crippen LogP contribution in [0.25, 0.3) is 22.2 Å². The molecule has 16 heavy (non-hydrogen) atoms. The van der Waals surface area contributed by atoms with Crippen molar-refractivity contribution in [3.63, 3.8) is 0 Å². The SMILES string of the molecule is CN/C=c1\sc2nc3ccccc3n2c1=O. The van der Waals surface area contributed by atoms with Crippen molar-refractivity contribution >= 4 is 33.5 Å². The van der Waals surface area contributed by atoms with Crippen molar-refractivity contribution in [1.82, 2.24) is 14.7 Å². The Morgan fingerprint density at radius 2 is 2.25 bits per heavy atom. The van der Waals surface area contributed by atoms with Gasteiger partial charge in [0, 0.05) is 13.2 Å². The molecular formula is C11H9N3OS. The average Bonchev–Trinajstić information content (AvgIpc) is 2.78. The molecule has 2 aromatic heterocycles. The van der Waals surface area contributed by atoms with E-state index in [1.54, 1.807) is 17.6 Å². The van der Waals surface area contributed by atoms with Gasteiger partial charge in [-0.25, -0.2) is 9.38 Å². The highest BCUT2D eigenvalue weighted by Gasteiger charge is 2.09. The summed E-state index contributed by atoms with van der Waals surface area (Å²) in [5, 5.41) is 2.87. The van der Waals surface area contributed by atoms with E-state index >= 15 is 0 Å². The molecule has 0 radical (unpaired) electrons. The van der Waals surface area contributed by atoms with Gasteiger partial charge < -0.3 is 5.32 Å². The van der Waals surface area contributed by atoms with Gasteiger partial charge in [-0.1, -0.05) is 23.5 Å². The molecule has 0 saturated carbocycles. The molecule has 0 aliphatic heterocycles. The van der Waals surface area contributed by atoms with E-state index in [4.69, 9.17) is 0 Å². The van der Waals surface area contributed by atoms with Crippen molar-refractivity contribution in [2.24, 2.45) is 0 Å². The molecule has 0 bridgehead atoms. The van der Waals surface area contributed by atoms with Gasteiger partial charge >= 0.3 is 0 Å².